The number of benzene rings is 1. The average Bonchev–Trinajstić information content (AvgIpc) is 2.46. The molecular formula is C14H17Cl2N3O2. The third-order valence-corrected chi connectivity index (χ3v) is 3.33. The van der Waals surface area contributed by atoms with Crippen LogP contribution in [0.2, 0.25) is 0 Å². The monoisotopic (exact) mass is 329 g/mol. The highest BCUT2D eigenvalue weighted by molar-refractivity contribution is 6.00. The third kappa shape index (κ3) is 3.37. The number of nitrogens with zero attached hydrogens (tertiary/aromatic N) is 1. The summed E-state index contributed by atoms with van der Waals surface area (Å²) in [5, 5.41) is 7.07. The topological polar surface area (TPSA) is 63.2 Å². The first-order valence-electron chi connectivity index (χ1n) is 6.26. The Labute approximate surface area is 135 Å². The molecule has 0 unspecified atom stereocenters. The molecular weight excluding hydrogens is 313 g/mol. The standard InChI is InChI=1S/C14H15N3O2.2ClH/c1-19-14(18)17-13-9-4-2-3-5-11(9)16-12-6-7-15-8-10(12)13;;/h2-5,15H,6-8H2,1H3,(H,16,17,18);2*1H. The Hall–Kier alpha value is -1.56. The zero-order valence-corrected chi connectivity index (χ0v) is 13.1. The van der Waals surface area contributed by atoms with Crippen LogP contribution in [0.3, 0.4) is 0 Å². The van der Waals surface area contributed by atoms with Crippen LogP contribution in [0.25, 0.3) is 10.9 Å². The van der Waals surface area contributed by atoms with Crippen LogP contribution in [0.15, 0.2) is 24.3 Å². The van der Waals surface area contributed by atoms with Gasteiger partial charge >= 0.3 is 6.09 Å². The molecule has 0 saturated heterocycles. The van der Waals surface area contributed by atoms with Crippen molar-refractivity contribution in [2.45, 2.75) is 13.0 Å². The van der Waals surface area contributed by atoms with Gasteiger partial charge in [0.25, 0.3) is 0 Å². The number of nitrogens with one attached hydrogen (secondary N) is 2. The minimum atomic E-state index is -0.455. The van der Waals surface area contributed by atoms with Crippen molar-refractivity contribution < 1.29 is 9.53 Å². The number of ether oxygens (including phenoxy) is 1. The Kier molecular flexibility index (Phi) is 6.20. The van der Waals surface area contributed by atoms with Gasteiger partial charge in [0.15, 0.2) is 0 Å². The van der Waals surface area contributed by atoms with Crippen LogP contribution in [0, 0.1) is 0 Å². The summed E-state index contributed by atoms with van der Waals surface area (Å²) in [6.07, 6.45) is 0.417. The lowest BCUT2D eigenvalue weighted by atomic mass is 10.0. The molecule has 1 aliphatic rings. The predicted octanol–water partition coefficient (Wildman–Crippen LogP) is 2.90. The number of fused-ring (bicyclic) bond motifs is 2. The predicted molar refractivity (Wildman–Crippen MR) is 87.7 cm³/mol. The minimum absolute atomic E-state index is 0. The molecule has 0 saturated carbocycles. The summed E-state index contributed by atoms with van der Waals surface area (Å²) in [6.45, 7) is 1.63. The van der Waals surface area contributed by atoms with E-state index in [0.717, 1.165) is 40.8 Å². The van der Waals surface area contributed by atoms with Crippen molar-refractivity contribution in [1.29, 1.82) is 0 Å². The Morgan fingerprint density at radius 1 is 1.33 bits per heavy atom. The van der Waals surface area contributed by atoms with Crippen molar-refractivity contribution in [3.05, 3.63) is 35.5 Å². The third-order valence-electron chi connectivity index (χ3n) is 3.33. The molecule has 1 aromatic carbocycles. The van der Waals surface area contributed by atoms with Gasteiger partial charge < -0.3 is 10.1 Å². The van der Waals surface area contributed by atoms with E-state index in [0.29, 0.717) is 6.54 Å². The summed E-state index contributed by atoms with van der Waals surface area (Å²) in [7, 11) is 1.36. The number of pyridine rings is 1. The maximum absolute atomic E-state index is 11.5. The van der Waals surface area contributed by atoms with Gasteiger partial charge in [-0.05, 0) is 6.07 Å². The number of carbonyl (C=O) groups is 1. The van der Waals surface area contributed by atoms with Crippen LogP contribution in [0.5, 0.6) is 0 Å². The second-order valence-corrected chi connectivity index (χ2v) is 4.47. The van der Waals surface area contributed by atoms with Crippen molar-refractivity contribution in [1.82, 2.24) is 10.3 Å². The van der Waals surface area contributed by atoms with E-state index in [1.54, 1.807) is 0 Å². The summed E-state index contributed by atoms with van der Waals surface area (Å²) >= 11 is 0. The highest BCUT2D eigenvalue weighted by Crippen LogP contribution is 2.30. The van der Waals surface area contributed by atoms with E-state index in [4.69, 9.17) is 4.74 Å². The van der Waals surface area contributed by atoms with Crippen molar-refractivity contribution >= 4 is 47.5 Å². The molecule has 0 aliphatic carbocycles. The van der Waals surface area contributed by atoms with E-state index >= 15 is 0 Å². The van der Waals surface area contributed by atoms with E-state index in [9.17, 15) is 4.79 Å². The van der Waals surface area contributed by atoms with Gasteiger partial charge in [-0.15, -0.1) is 24.8 Å². The fraction of sp³-hybridized carbons (Fsp3) is 0.286. The summed E-state index contributed by atoms with van der Waals surface area (Å²) in [5.41, 5.74) is 3.80. The van der Waals surface area contributed by atoms with Gasteiger partial charge in [0.2, 0.25) is 0 Å². The maximum Gasteiger partial charge on any atom is 0.411 e. The summed E-state index contributed by atoms with van der Waals surface area (Å²) in [6, 6.07) is 7.81. The van der Waals surface area contributed by atoms with Crippen molar-refractivity contribution in [2.75, 3.05) is 19.0 Å². The molecule has 1 aliphatic heterocycles. The number of carbonyl (C=O) groups excluding carboxylic acids is 1. The molecule has 7 heteroatoms. The van der Waals surface area contributed by atoms with Crippen LogP contribution >= 0.6 is 24.8 Å². The second kappa shape index (κ2) is 7.45. The number of hydrogen-bond acceptors (Lipinski definition) is 4. The van der Waals surface area contributed by atoms with Crippen molar-refractivity contribution in [3.8, 4) is 0 Å². The lowest BCUT2D eigenvalue weighted by Crippen LogP contribution is -2.26. The number of amides is 1. The van der Waals surface area contributed by atoms with Gasteiger partial charge in [-0.25, -0.2) is 4.79 Å². The summed E-state index contributed by atoms with van der Waals surface area (Å²) in [5.74, 6) is 0. The van der Waals surface area contributed by atoms with Gasteiger partial charge in [0.05, 0.1) is 18.3 Å². The Balaban J connectivity index is 0.00000110. The molecule has 0 fully saturated rings. The van der Waals surface area contributed by atoms with E-state index in [2.05, 4.69) is 15.6 Å². The van der Waals surface area contributed by atoms with Crippen LogP contribution < -0.4 is 10.6 Å². The van der Waals surface area contributed by atoms with Gasteiger partial charge in [0, 0.05) is 36.2 Å². The molecule has 3 rings (SSSR count). The molecule has 0 radical (unpaired) electrons. The zero-order valence-electron chi connectivity index (χ0n) is 11.5. The molecule has 0 bridgehead atoms. The fourth-order valence-electron chi connectivity index (χ4n) is 2.42. The maximum atomic E-state index is 11.5. The number of para-hydroxylation sites is 1. The van der Waals surface area contributed by atoms with Gasteiger partial charge in [0.1, 0.15) is 0 Å². The largest absolute Gasteiger partial charge is 0.453 e. The average molecular weight is 330 g/mol. The van der Waals surface area contributed by atoms with E-state index in [1.807, 2.05) is 24.3 Å². The lowest BCUT2D eigenvalue weighted by molar-refractivity contribution is 0.187. The molecule has 1 amide bonds. The highest BCUT2D eigenvalue weighted by atomic mass is 35.5. The van der Waals surface area contributed by atoms with Crippen LogP contribution in [-0.4, -0.2) is 24.7 Å². The number of aromatic nitrogens is 1. The molecule has 5 nitrogen and oxygen atoms in total. The highest BCUT2D eigenvalue weighted by Gasteiger charge is 2.19. The van der Waals surface area contributed by atoms with Crippen LogP contribution in [0.1, 0.15) is 11.3 Å². The summed E-state index contributed by atoms with van der Waals surface area (Å²) in [4.78, 5) is 16.2. The number of hydrogen-bond donors (Lipinski definition) is 2. The van der Waals surface area contributed by atoms with E-state index in [1.165, 1.54) is 7.11 Å². The number of anilines is 1. The smallest absolute Gasteiger partial charge is 0.411 e. The number of rotatable bonds is 1. The first-order chi connectivity index (χ1) is 9.29. The van der Waals surface area contributed by atoms with E-state index < -0.39 is 6.09 Å². The van der Waals surface area contributed by atoms with Crippen LogP contribution in [-0.2, 0) is 17.7 Å². The lowest BCUT2D eigenvalue weighted by Gasteiger charge is -2.21. The van der Waals surface area contributed by atoms with E-state index in [-0.39, 0.29) is 24.8 Å². The Morgan fingerprint density at radius 3 is 2.86 bits per heavy atom. The van der Waals surface area contributed by atoms with Crippen molar-refractivity contribution in [2.24, 2.45) is 0 Å². The van der Waals surface area contributed by atoms with Gasteiger partial charge in [-0.2, -0.15) is 0 Å². The normalized spacial score (nSPS) is 12.6. The van der Waals surface area contributed by atoms with Crippen molar-refractivity contribution in [3.63, 3.8) is 0 Å². The summed E-state index contributed by atoms with van der Waals surface area (Å²) < 4.78 is 4.70. The Morgan fingerprint density at radius 2 is 2.10 bits per heavy atom. The Bertz CT molecular complexity index is 649. The quantitative estimate of drug-likeness (QED) is 0.844. The number of halogens is 2. The zero-order chi connectivity index (χ0) is 13.2. The molecule has 2 aromatic rings. The van der Waals surface area contributed by atoms with Crippen LogP contribution in [0.4, 0.5) is 10.5 Å². The molecule has 114 valence electrons. The first-order valence-corrected chi connectivity index (χ1v) is 6.26. The van der Waals surface area contributed by atoms with Gasteiger partial charge in [-0.1, -0.05) is 18.2 Å². The molecule has 0 spiro atoms. The molecule has 1 aromatic heterocycles. The number of methoxy groups -OCH3 is 1. The van der Waals surface area contributed by atoms with Gasteiger partial charge in [-0.3, -0.25) is 10.3 Å². The minimum Gasteiger partial charge on any atom is -0.453 e. The first kappa shape index (κ1) is 17.5. The second-order valence-electron chi connectivity index (χ2n) is 4.47. The SMILES string of the molecule is COC(=O)Nc1c2c(nc3ccccc13)CCNC2.Cl.Cl. The molecule has 0 atom stereocenters. The molecule has 21 heavy (non-hydrogen) atoms. The molecule has 2 N–H and O–H groups in total. The molecule has 2 heterocycles. The fourth-order valence-corrected chi connectivity index (χ4v) is 2.42.